The molecule has 0 unspecified atom stereocenters. The lowest BCUT2D eigenvalue weighted by atomic mass is 9.69. The van der Waals surface area contributed by atoms with E-state index in [1.165, 1.54) is 6.42 Å². The summed E-state index contributed by atoms with van der Waals surface area (Å²) in [5.74, 6) is 0.418. The third-order valence-electron chi connectivity index (χ3n) is 3.76. The van der Waals surface area contributed by atoms with Gasteiger partial charge in [-0.25, -0.2) is 0 Å². The lowest BCUT2D eigenvalue weighted by Gasteiger charge is -2.51. The first-order chi connectivity index (χ1) is 7.22. The molecule has 2 fully saturated rings. The lowest BCUT2D eigenvalue weighted by Crippen LogP contribution is -2.53. The Morgan fingerprint density at radius 1 is 0.875 bits per heavy atom. The summed E-state index contributed by atoms with van der Waals surface area (Å²) < 4.78 is 12.2. The minimum absolute atomic E-state index is 0.177. The van der Waals surface area contributed by atoms with Crippen molar-refractivity contribution in [2.75, 3.05) is 13.2 Å². The minimum atomic E-state index is -0.281. The molecular weight excluding hydrogens is 200 g/mol. The fourth-order valence-electron chi connectivity index (χ4n) is 3.38. The Morgan fingerprint density at radius 3 is 1.94 bits per heavy atom. The standard InChI is InChI=1S/C14H26O2/c1-11-6-12(2,3)8-14(7-11)15-9-13(4,5)10-16-14/h11H,6-10H2,1-5H3/t11-/m0/s1. The molecule has 1 saturated heterocycles. The van der Waals surface area contributed by atoms with Gasteiger partial charge >= 0.3 is 0 Å². The Kier molecular flexibility index (Phi) is 2.87. The van der Waals surface area contributed by atoms with Crippen LogP contribution in [0.25, 0.3) is 0 Å². The highest BCUT2D eigenvalue weighted by Gasteiger charge is 2.48. The summed E-state index contributed by atoms with van der Waals surface area (Å²) in [7, 11) is 0. The summed E-state index contributed by atoms with van der Waals surface area (Å²) in [5, 5.41) is 0. The maximum atomic E-state index is 6.11. The van der Waals surface area contributed by atoms with E-state index in [2.05, 4.69) is 34.6 Å². The topological polar surface area (TPSA) is 18.5 Å². The van der Waals surface area contributed by atoms with Gasteiger partial charge in [0.2, 0.25) is 0 Å². The van der Waals surface area contributed by atoms with Gasteiger partial charge in [0.15, 0.2) is 5.79 Å². The maximum absolute atomic E-state index is 6.11. The summed E-state index contributed by atoms with van der Waals surface area (Å²) >= 11 is 0. The van der Waals surface area contributed by atoms with Crippen LogP contribution in [0, 0.1) is 16.7 Å². The second-order valence-corrected chi connectivity index (χ2v) is 7.51. The first-order valence-corrected chi connectivity index (χ1v) is 6.50. The molecule has 1 heterocycles. The van der Waals surface area contributed by atoms with Crippen molar-refractivity contribution in [1.82, 2.24) is 0 Å². The lowest BCUT2D eigenvalue weighted by molar-refractivity contribution is -0.325. The van der Waals surface area contributed by atoms with Crippen molar-refractivity contribution >= 4 is 0 Å². The summed E-state index contributed by atoms with van der Waals surface area (Å²) in [6.45, 7) is 13.0. The molecule has 2 rings (SSSR count). The quantitative estimate of drug-likeness (QED) is 0.628. The fraction of sp³-hybridized carbons (Fsp3) is 1.00. The monoisotopic (exact) mass is 226 g/mol. The van der Waals surface area contributed by atoms with Crippen molar-refractivity contribution in [2.45, 2.75) is 59.7 Å². The number of rotatable bonds is 0. The zero-order valence-electron chi connectivity index (χ0n) is 11.4. The van der Waals surface area contributed by atoms with Crippen LogP contribution >= 0.6 is 0 Å². The molecule has 2 heteroatoms. The van der Waals surface area contributed by atoms with Crippen LogP contribution in [0.5, 0.6) is 0 Å². The van der Waals surface area contributed by atoms with Gasteiger partial charge in [-0.2, -0.15) is 0 Å². The second kappa shape index (κ2) is 3.71. The summed E-state index contributed by atoms with van der Waals surface area (Å²) in [6.07, 6.45) is 3.39. The highest BCUT2D eigenvalue weighted by Crippen LogP contribution is 2.48. The Bertz CT molecular complexity index is 258. The molecule has 2 aliphatic rings. The van der Waals surface area contributed by atoms with Gasteiger partial charge in [0, 0.05) is 18.3 Å². The summed E-state index contributed by atoms with van der Waals surface area (Å²) in [6, 6.07) is 0. The Morgan fingerprint density at radius 2 is 1.44 bits per heavy atom. The predicted octanol–water partition coefficient (Wildman–Crippen LogP) is 3.60. The summed E-state index contributed by atoms with van der Waals surface area (Å²) in [5.41, 5.74) is 0.523. The molecular formula is C14H26O2. The van der Waals surface area contributed by atoms with Crippen LogP contribution in [0.1, 0.15) is 53.9 Å². The number of hydrogen-bond acceptors (Lipinski definition) is 2. The largest absolute Gasteiger partial charge is 0.349 e. The molecule has 0 aromatic heterocycles. The van der Waals surface area contributed by atoms with Crippen LogP contribution in [0.2, 0.25) is 0 Å². The number of hydrogen-bond donors (Lipinski definition) is 0. The molecule has 1 aliphatic heterocycles. The Labute approximate surface area is 99.7 Å². The van der Waals surface area contributed by atoms with Crippen molar-refractivity contribution in [3.05, 3.63) is 0 Å². The molecule has 0 aromatic rings. The van der Waals surface area contributed by atoms with Crippen LogP contribution < -0.4 is 0 Å². The van der Waals surface area contributed by atoms with Gasteiger partial charge in [-0.1, -0.05) is 34.6 Å². The molecule has 0 bridgehead atoms. The second-order valence-electron chi connectivity index (χ2n) is 7.51. The van der Waals surface area contributed by atoms with Crippen LogP contribution in [-0.2, 0) is 9.47 Å². The molecule has 16 heavy (non-hydrogen) atoms. The van der Waals surface area contributed by atoms with Gasteiger partial charge in [-0.05, 0) is 17.8 Å². The van der Waals surface area contributed by atoms with Gasteiger partial charge in [0.25, 0.3) is 0 Å². The minimum Gasteiger partial charge on any atom is -0.349 e. The van der Waals surface area contributed by atoms with Gasteiger partial charge in [0.1, 0.15) is 0 Å². The summed E-state index contributed by atoms with van der Waals surface area (Å²) in [4.78, 5) is 0. The zero-order chi connectivity index (χ0) is 12.0. The first-order valence-electron chi connectivity index (χ1n) is 6.50. The van der Waals surface area contributed by atoms with E-state index >= 15 is 0 Å². The molecule has 0 radical (unpaired) electrons. The SMILES string of the molecule is C[C@H]1CC(C)(C)CC2(C1)OCC(C)(C)CO2. The van der Waals surface area contributed by atoms with E-state index in [0.717, 1.165) is 26.1 Å². The molecule has 1 spiro atoms. The van der Waals surface area contributed by atoms with Crippen molar-refractivity contribution in [2.24, 2.45) is 16.7 Å². The average molecular weight is 226 g/mol. The molecule has 1 saturated carbocycles. The molecule has 0 aromatic carbocycles. The zero-order valence-corrected chi connectivity index (χ0v) is 11.4. The smallest absolute Gasteiger partial charge is 0.169 e. The number of ether oxygens (including phenoxy) is 2. The molecule has 1 atom stereocenters. The first kappa shape index (κ1) is 12.4. The third-order valence-corrected chi connectivity index (χ3v) is 3.76. The Hall–Kier alpha value is -0.0800. The van der Waals surface area contributed by atoms with Crippen LogP contribution in [0.3, 0.4) is 0 Å². The molecule has 1 aliphatic carbocycles. The van der Waals surface area contributed by atoms with Gasteiger partial charge in [-0.3, -0.25) is 0 Å². The van der Waals surface area contributed by atoms with Crippen LogP contribution in [0.4, 0.5) is 0 Å². The molecule has 94 valence electrons. The van der Waals surface area contributed by atoms with E-state index < -0.39 is 0 Å². The van der Waals surface area contributed by atoms with E-state index in [1.807, 2.05) is 0 Å². The molecule has 0 amide bonds. The van der Waals surface area contributed by atoms with E-state index in [-0.39, 0.29) is 11.2 Å². The third kappa shape index (κ3) is 2.60. The predicted molar refractivity (Wildman–Crippen MR) is 65.2 cm³/mol. The van der Waals surface area contributed by atoms with Gasteiger partial charge in [-0.15, -0.1) is 0 Å². The van der Waals surface area contributed by atoms with Gasteiger partial charge < -0.3 is 9.47 Å². The maximum Gasteiger partial charge on any atom is 0.169 e. The van der Waals surface area contributed by atoms with E-state index in [0.29, 0.717) is 11.3 Å². The Balaban J connectivity index is 2.08. The van der Waals surface area contributed by atoms with Crippen LogP contribution in [-0.4, -0.2) is 19.0 Å². The van der Waals surface area contributed by atoms with Crippen molar-refractivity contribution in [3.63, 3.8) is 0 Å². The molecule has 0 N–H and O–H groups in total. The average Bonchev–Trinajstić information content (AvgIpc) is 2.08. The molecule has 2 nitrogen and oxygen atoms in total. The fourth-order valence-corrected chi connectivity index (χ4v) is 3.38. The highest BCUT2D eigenvalue weighted by atomic mass is 16.7. The van der Waals surface area contributed by atoms with E-state index in [1.54, 1.807) is 0 Å². The van der Waals surface area contributed by atoms with Crippen LogP contribution in [0.15, 0.2) is 0 Å². The van der Waals surface area contributed by atoms with Gasteiger partial charge in [0.05, 0.1) is 13.2 Å². The van der Waals surface area contributed by atoms with Crippen molar-refractivity contribution in [3.8, 4) is 0 Å². The normalized spacial score (nSPS) is 36.2. The van der Waals surface area contributed by atoms with Crippen molar-refractivity contribution in [1.29, 1.82) is 0 Å². The highest BCUT2D eigenvalue weighted by molar-refractivity contribution is 4.91. The van der Waals surface area contributed by atoms with E-state index in [4.69, 9.17) is 9.47 Å². The van der Waals surface area contributed by atoms with Crippen molar-refractivity contribution < 1.29 is 9.47 Å². The van der Waals surface area contributed by atoms with E-state index in [9.17, 15) is 0 Å².